The minimum absolute atomic E-state index is 0. The van der Waals surface area contributed by atoms with Crippen molar-refractivity contribution in [2.24, 2.45) is 0 Å². The highest BCUT2D eigenvalue weighted by Crippen LogP contribution is 2.03. The van der Waals surface area contributed by atoms with Crippen LogP contribution in [0, 0.1) is 0 Å². The van der Waals surface area contributed by atoms with Crippen LogP contribution in [0.1, 0.15) is 20.3 Å². The summed E-state index contributed by atoms with van der Waals surface area (Å²) in [5.74, 6) is 0. The number of halogens is 1. The molecule has 0 saturated carbocycles. The van der Waals surface area contributed by atoms with Crippen molar-refractivity contribution in [1.82, 2.24) is 14.3 Å². The van der Waals surface area contributed by atoms with Crippen LogP contribution in [0.3, 0.4) is 0 Å². The zero-order valence-corrected chi connectivity index (χ0v) is 10.8. The highest BCUT2D eigenvalue weighted by atomic mass is 35.5. The van der Waals surface area contributed by atoms with E-state index in [0.717, 1.165) is 13.0 Å². The van der Waals surface area contributed by atoms with Gasteiger partial charge in [-0.1, -0.05) is 6.92 Å². The third-order valence-electron chi connectivity index (χ3n) is 2.21. The number of nitrogens with zero attached hydrogens (tertiary/aromatic N) is 1. The van der Waals surface area contributed by atoms with Gasteiger partial charge in [0.1, 0.15) is 0 Å². The average Bonchev–Trinajstić information content (AvgIpc) is 2.15. The van der Waals surface area contributed by atoms with Gasteiger partial charge < -0.3 is 5.32 Å². The molecule has 1 fully saturated rings. The first kappa shape index (κ1) is 15.1. The lowest BCUT2D eigenvalue weighted by molar-refractivity contribution is 0.306. The Labute approximate surface area is 98.2 Å². The third kappa shape index (κ3) is 4.65. The molecular formula is C8H20ClN3O2S. The molecule has 0 aromatic carbocycles. The van der Waals surface area contributed by atoms with Gasteiger partial charge in [-0.25, -0.2) is 4.72 Å². The molecule has 92 valence electrons. The minimum Gasteiger partial charge on any atom is -0.312 e. The standard InChI is InChI=1S/C8H19N3O2S.ClH/c1-3-4-10-14(12,13)11-6-5-9-8(2)7-11;/h8-10H,3-7H2,1-2H3;1H. The van der Waals surface area contributed by atoms with Crippen molar-refractivity contribution in [3.05, 3.63) is 0 Å². The summed E-state index contributed by atoms with van der Waals surface area (Å²) in [7, 11) is -3.24. The first-order valence-corrected chi connectivity index (χ1v) is 6.48. The molecule has 0 bridgehead atoms. The summed E-state index contributed by atoms with van der Waals surface area (Å²) in [4.78, 5) is 0. The van der Waals surface area contributed by atoms with E-state index in [-0.39, 0.29) is 18.4 Å². The highest BCUT2D eigenvalue weighted by molar-refractivity contribution is 7.87. The predicted molar refractivity (Wildman–Crippen MR) is 63.5 cm³/mol. The van der Waals surface area contributed by atoms with Crippen LogP contribution in [-0.2, 0) is 10.2 Å². The van der Waals surface area contributed by atoms with Crippen molar-refractivity contribution >= 4 is 22.6 Å². The maximum absolute atomic E-state index is 11.7. The van der Waals surface area contributed by atoms with E-state index in [2.05, 4.69) is 10.0 Å². The summed E-state index contributed by atoms with van der Waals surface area (Å²) in [6.07, 6.45) is 0.820. The van der Waals surface area contributed by atoms with Gasteiger partial charge in [-0.3, -0.25) is 0 Å². The summed E-state index contributed by atoms with van der Waals surface area (Å²) in [6, 6.07) is 0.238. The lowest BCUT2D eigenvalue weighted by atomic mass is 10.3. The van der Waals surface area contributed by atoms with Gasteiger partial charge in [-0.05, 0) is 13.3 Å². The van der Waals surface area contributed by atoms with E-state index in [1.807, 2.05) is 13.8 Å². The van der Waals surface area contributed by atoms with E-state index in [9.17, 15) is 8.42 Å². The van der Waals surface area contributed by atoms with Crippen molar-refractivity contribution in [3.63, 3.8) is 0 Å². The fourth-order valence-electron chi connectivity index (χ4n) is 1.44. The van der Waals surface area contributed by atoms with E-state index < -0.39 is 10.2 Å². The van der Waals surface area contributed by atoms with Gasteiger partial charge in [0, 0.05) is 32.2 Å². The van der Waals surface area contributed by atoms with Gasteiger partial charge in [0.15, 0.2) is 0 Å². The van der Waals surface area contributed by atoms with E-state index >= 15 is 0 Å². The van der Waals surface area contributed by atoms with Crippen LogP contribution in [0.2, 0.25) is 0 Å². The van der Waals surface area contributed by atoms with Crippen LogP contribution in [-0.4, -0.2) is 44.9 Å². The Kier molecular flexibility index (Phi) is 6.70. The van der Waals surface area contributed by atoms with Crippen LogP contribution < -0.4 is 10.0 Å². The monoisotopic (exact) mass is 257 g/mol. The zero-order valence-electron chi connectivity index (χ0n) is 9.19. The topological polar surface area (TPSA) is 61.4 Å². The van der Waals surface area contributed by atoms with Gasteiger partial charge in [0.25, 0.3) is 10.2 Å². The van der Waals surface area contributed by atoms with Gasteiger partial charge in [-0.2, -0.15) is 12.7 Å². The van der Waals surface area contributed by atoms with Gasteiger partial charge in [0.2, 0.25) is 0 Å². The summed E-state index contributed by atoms with van der Waals surface area (Å²) >= 11 is 0. The fourth-order valence-corrected chi connectivity index (χ4v) is 2.83. The van der Waals surface area contributed by atoms with Crippen molar-refractivity contribution in [2.45, 2.75) is 26.3 Å². The molecule has 0 amide bonds. The molecule has 15 heavy (non-hydrogen) atoms. The Bertz CT molecular complexity index is 271. The fraction of sp³-hybridized carbons (Fsp3) is 1.00. The van der Waals surface area contributed by atoms with Gasteiger partial charge >= 0.3 is 0 Å². The Balaban J connectivity index is 0.00000196. The molecule has 1 heterocycles. The Morgan fingerprint density at radius 2 is 2.20 bits per heavy atom. The minimum atomic E-state index is -3.24. The lowest BCUT2D eigenvalue weighted by Crippen LogP contribution is -2.54. The quantitative estimate of drug-likeness (QED) is 0.742. The summed E-state index contributed by atoms with van der Waals surface area (Å²) in [5.41, 5.74) is 0. The molecule has 0 aromatic heterocycles. The summed E-state index contributed by atoms with van der Waals surface area (Å²) < 4.78 is 27.4. The largest absolute Gasteiger partial charge is 0.312 e. The zero-order chi connectivity index (χ0) is 10.6. The summed E-state index contributed by atoms with van der Waals surface area (Å²) in [6.45, 7) is 6.29. The molecule has 0 spiro atoms. The van der Waals surface area contributed by atoms with E-state index in [0.29, 0.717) is 19.6 Å². The maximum Gasteiger partial charge on any atom is 0.279 e. The molecule has 1 rings (SSSR count). The number of piperazine rings is 1. The second-order valence-corrected chi connectivity index (χ2v) is 5.37. The van der Waals surface area contributed by atoms with Crippen LogP contribution in [0.25, 0.3) is 0 Å². The van der Waals surface area contributed by atoms with Crippen LogP contribution in [0.5, 0.6) is 0 Å². The van der Waals surface area contributed by atoms with Crippen LogP contribution in [0.15, 0.2) is 0 Å². The van der Waals surface area contributed by atoms with Gasteiger partial charge in [-0.15, -0.1) is 12.4 Å². The summed E-state index contributed by atoms with van der Waals surface area (Å²) in [5, 5.41) is 3.21. The second-order valence-electron chi connectivity index (χ2n) is 3.61. The molecule has 7 heteroatoms. The Morgan fingerprint density at radius 3 is 2.73 bits per heavy atom. The maximum atomic E-state index is 11.7. The molecule has 0 aromatic rings. The highest BCUT2D eigenvalue weighted by Gasteiger charge is 2.25. The van der Waals surface area contributed by atoms with Crippen LogP contribution in [0.4, 0.5) is 0 Å². The number of hydrogen-bond acceptors (Lipinski definition) is 3. The predicted octanol–water partition coefficient (Wildman–Crippen LogP) is -0.0537. The molecule has 1 atom stereocenters. The number of rotatable bonds is 4. The van der Waals surface area contributed by atoms with E-state index in [1.165, 1.54) is 4.31 Å². The normalized spacial score (nSPS) is 23.5. The van der Waals surface area contributed by atoms with E-state index in [1.54, 1.807) is 0 Å². The molecule has 0 radical (unpaired) electrons. The molecule has 1 saturated heterocycles. The molecule has 1 aliphatic heterocycles. The van der Waals surface area contributed by atoms with Crippen molar-refractivity contribution < 1.29 is 8.42 Å². The first-order valence-electron chi connectivity index (χ1n) is 5.04. The molecular weight excluding hydrogens is 238 g/mol. The molecule has 1 aliphatic rings. The van der Waals surface area contributed by atoms with Crippen LogP contribution >= 0.6 is 12.4 Å². The molecule has 0 aliphatic carbocycles. The van der Waals surface area contributed by atoms with Crippen molar-refractivity contribution in [1.29, 1.82) is 0 Å². The van der Waals surface area contributed by atoms with E-state index in [4.69, 9.17) is 0 Å². The first-order chi connectivity index (χ1) is 6.56. The molecule has 2 N–H and O–H groups in total. The second kappa shape index (κ2) is 6.65. The molecule has 1 unspecified atom stereocenters. The van der Waals surface area contributed by atoms with Crippen molar-refractivity contribution in [3.8, 4) is 0 Å². The Morgan fingerprint density at radius 1 is 1.53 bits per heavy atom. The third-order valence-corrected chi connectivity index (χ3v) is 3.79. The SMILES string of the molecule is CCCNS(=O)(=O)N1CCNC(C)C1.Cl. The molecule has 5 nitrogen and oxygen atoms in total. The van der Waals surface area contributed by atoms with Crippen molar-refractivity contribution in [2.75, 3.05) is 26.2 Å². The average molecular weight is 258 g/mol. The smallest absolute Gasteiger partial charge is 0.279 e. The Hall–Kier alpha value is 0.120. The number of nitrogens with one attached hydrogen (secondary N) is 2. The number of hydrogen-bond donors (Lipinski definition) is 2. The van der Waals surface area contributed by atoms with Gasteiger partial charge in [0.05, 0.1) is 0 Å². The lowest BCUT2D eigenvalue weighted by Gasteiger charge is -2.30.